The Hall–Kier alpha value is 0.350. The molecule has 0 aromatic rings. The zero-order valence-electron chi connectivity index (χ0n) is 5.40. The fraction of sp³-hybridized carbons (Fsp3) is 1.00. The summed E-state index contributed by atoms with van der Waals surface area (Å²) < 4.78 is 0. The second-order valence-electron chi connectivity index (χ2n) is 3.13. The minimum atomic E-state index is -0.130. The molecule has 0 heterocycles. The van der Waals surface area contributed by atoms with Crippen molar-refractivity contribution in [2.45, 2.75) is 18.1 Å². The van der Waals surface area contributed by atoms with Gasteiger partial charge in [-0.1, -0.05) is 0 Å². The van der Waals surface area contributed by atoms with Gasteiger partial charge in [0.2, 0.25) is 0 Å². The molecule has 7 heavy (non-hydrogen) atoms. The molecule has 0 N–H and O–H groups in total. The average Bonchev–Trinajstić information content (AvgIpc) is 1.99. The van der Waals surface area contributed by atoms with Gasteiger partial charge in [0.05, 0.1) is 0 Å². The van der Waals surface area contributed by atoms with E-state index < -0.39 is 0 Å². The van der Waals surface area contributed by atoms with Crippen molar-refractivity contribution in [2.24, 2.45) is 0 Å². The van der Waals surface area contributed by atoms with Crippen molar-refractivity contribution in [2.75, 3.05) is 18.8 Å². The van der Waals surface area contributed by atoms with Crippen molar-refractivity contribution < 1.29 is 0 Å². The molecule has 1 aliphatic carbocycles. The highest BCUT2D eigenvalue weighted by Crippen LogP contribution is 2.53. The van der Waals surface area contributed by atoms with E-state index in [-0.39, 0.29) is 10.0 Å². The molecule has 0 nitrogen and oxygen atoms in total. The minimum absolute atomic E-state index is 0.130. The van der Waals surface area contributed by atoms with E-state index in [1.165, 1.54) is 12.8 Å². The van der Waals surface area contributed by atoms with Crippen molar-refractivity contribution in [1.82, 2.24) is 0 Å². The molecule has 0 saturated heterocycles. The largest absolute Gasteiger partial charge is 0.247 e. The summed E-state index contributed by atoms with van der Waals surface area (Å²) in [4.78, 5) is 0. The van der Waals surface area contributed by atoms with Gasteiger partial charge in [0.25, 0.3) is 0 Å². The zero-order valence-corrected chi connectivity index (χ0v) is 6.22. The maximum atomic E-state index is 2.41. The molecule has 0 amide bonds. The standard InChI is InChI=1S/C6H14S/c1-7(2,3)6-4-5-6/h6H,4-5H2,1-3H3. The zero-order chi connectivity index (χ0) is 5.49. The van der Waals surface area contributed by atoms with Crippen LogP contribution in [0.1, 0.15) is 12.8 Å². The van der Waals surface area contributed by atoms with Crippen LogP contribution in [-0.2, 0) is 0 Å². The first-order chi connectivity index (χ1) is 3.11. The van der Waals surface area contributed by atoms with Crippen molar-refractivity contribution in [3.63, 3.8) is 0 Å². The Morgan fingerprint density at radius 2 is 1.57 bits per heavy atom. The van der Waals surface area contributed by atoms with E-state index in [2.05, 4.69) is 18.8 Å². The fourth-order valence-corrected chi connectivity index (χ4v) is 2.33. The van der Waals surface area contributed by atoms with E-state index in [4.69, 9.17) is 0 Å². The molecule has 0 aliphatic heterocycles. The summed E-state index contributed by atoms with van der Waals surface area (Å²) in [6.45, 7) is 0. The average molecular weight is 118 g/mol. The fourth-order valence-electron chi connectivity index (χ4n) is 0.775. The Balaban J connectivity index is 2.36. The molecule has 0 bridgehead atoms. The van der Waals surface area contributed by atoms with Crippen molar-refractivity contribution in [1.29, 1.82) is 0 Å². The van der Waals surface area contributed by atoms with Crippen LogP contribution in [0.3, 0.4) is 0 Å². The molecule has 0 aromatic heterocycles. The van der Waals surface area contributed by atoms with Crippen LogP contribution in [0.5, 0.6) is 0 Å². The Morgan fingerprint density at radius 3 is 1.57 bits per heavy atom. The summed E-state index contributed by atoms with van der Waals surface area (Å²) in [5.41, 5.74) is 0. The van der Waals surface area contributed by atoms with Gasteiger partial charge in [0, 0.05) is 0 Å². The predicted octanol–water partition coefficient (Wildman–Crippen LogP) is 1.84. The summed E-state index contributed by atoms with van der Waals surface area (Å²) >= 11 is 0. The highest BCUT2D eigenvalue weighted by Gasteiger charge is 2.29. The third-order valence-electron chi connectivity index (χ3n) is 1.52. The van der Waals surface area contributed by atoms with E-state index in [1.807, 2.05) is 0 Å². The summed E-state index contributed by atoms with van der Waals surface area (Å²) in [6.07, 6.45) is 10.2. The molecule has 1 heteroatoms. The third kappa shape index (κ3) is 1.37. The number of rotatable bonds is 1. The van der Waals surface area contributed by atoms with Gasteiger partial charge >= 0.3 is 0 Å². The van der Waals surface area contributed by atoms with Gasteiger partial charge in [-0.15, -0.1) is 0 Å². The molecule has 1 rings (SSSR count). The van der Waals surface area contributed by atoms with Gasteiger partial charge < -0.3 is 0 Å². The van der Waals surface area contributed by atoms with Gasteiger partial charge in [-0.3, -0.25) is 0 Å². The molecule has 0 aromatic carbocycles. The Morgan fingerprint density at radius 1 is 1.14 bits per heavy atom. The highest BCUT2D eigenvalue weighted by atomic mass is 32.3. The van der Waals surface area contributed by atoms with Crippen molar-refractivity contribution >= 4 is 10.0 Å². The van der Waals surface area contributed by atoms with Crippen LogP contribution in [0.4, 0.5) is 0 Å². The lowest BCUT2D eigenvalue weighted by atomic mass is 11.0. The Labute approximate surface area is 47.6 Å². The van der Waals surface area contributed by atoms with E-state index in [1.54, 1.807) is 0 Å². The highest BCUT2D eigenvalue weighted by molar-refractivity contribution is 8.32. The molecule has 1 fully saturated rings. The van der Waals surface area contributed by atoms with E-state index in [0.29, 0.717) is 0 Å². The van der Waals surface area contributed by atoms with Gasteiger partial charge in [0.15, 0.2) is 0 Å². The van der Waals surface area contributed by atoms with Crippen LogP contribution in [-0.4, -0.2) is 24.0 Å². The van der Waals surface area contributed by atoms with Crippen LogP contribution >= 0.6 is 10.0 Å². The monoisotopic (exact) mass is 118 g/mol. The van der Waals surface area contributed by atoms with E-state index in [9.17, 15) is 0 Å². The van der Waals surface area contributed by atoms with Crippen LogP contribution in [0.25, 0.3) is 0 Å². The van der Waals surface area contributed by atoms with Crippen LogP contribution in [0.15, 0.2) is 0 Å². The molecule has 44 valence electrons. The SMILES string of the molecule is CS(C)(C)C1CC1. The maximum Gasteiger partial charge on any atom is -0.0118 e. The minimum Gasteiger partial charge on any atom is -0.247 e. The number of hydrogen-bond acceptors (Lipinski definition) is 0. The van der Waals surface area contributed by atoms with E-state index >= 15 is 0 Å². The van der Waals surface area contributed by atoms with Crippen molar-refractivity contribution in [3.05, 3.63) is 0 Å². The molecular formula is C6H14S. The first-order valence-corrected chi connectivity index (χ1v) is 5.70. The summed E-state index contributed by atoms with van der Waals surface area (Å²) in [6, 6.07) is 0. The summed E-state index contributed by atoms with van der Waals surface area (Å²) in [7, 11) is -0.130. The Kier molecular flexibility index (Phi) is 1.11. The Bertz CT molecular complexity index is 66.7. The first-order valence-electron chi connectivity index (χ1n) is 2.78. The van der Waals surface area contributed by atoms with Gasteiger partial charge in [0.1, 0.15) is 0 Å². The molecular weight excluding hydrogens is 104 g/mol. The molecule has 1 saturated carbocycles. The normalized spacial score (nSPS) is 25.0. The molecule has 0 atom stereocenters. The molecule has 0 spiro atoms. The van der Waals surface area contributed by atoms with Crippen LogP contribution in [0, 0.1) is 0 Å². The lowest BCUT2D eigenvalue weighted by Crippen LogP contribution is -1.96. The first kappa shape index (κ1) is 5.49. The summed E-state index contributed by atoms with van der Waals surface area (Å²) in [5, 5.41) is 1.13. The maximum absolute atomic E-state index is 2.41. The molecule has 1 aliphatic rings. The van der Waals surface area contributed by atoms with Crippen LogP contribution in [0.2, 0.25) is 0 Å². The van der Waals surface area contributed by atoms with Gasteiger partial charge in [-0.2, -0.15) is 0 Å². The van der Waals surface area contributed by atoms with E-state index in [0.717, 1.165) is 5.25 Å². The summed E-state index contributed by atoms with van der Waals surface area (Å²) in [5.74, 6) is 0. The molecule has 0 radical (unpaired) electrons. The second kappa shape index (κ2) is 1.41. The topological polar surface area (TPSA) is 0 Å². The van der Waals surface area contributed by atoms with Gasteiger partial charge in [-0.05, 0) is 36.9 Å². The third-order valence-corrected chi connectivity index (χ3v) is 4.00. The predicted molar refractivity (Wildman–Crippen MR) is 38.4 cm³/mol. The van der Waals surface area contributed by atoms with Crippen LogP contribution < -0.4 is 0 Å². The second-order valence-corrected chi connectivity index (χ2v) is 7.66. The lowest BCUT2D eigenvalue weighted by Gasteiger charge is -2.23. The number of hydrogen-bond donors (Lipinski definition) is 0. The van der Waals surface area contributed by atoms with Crippen molar-refractivity contribution in [3.8, 4) is 0 Å². The van der Waals surface area contributed by atoms with Gasteiger partial charge in [-0.25, -0.2) is 10.0 Å². The lowest BCUT2D eigenvalue weighted by molar-refractivity contribution is 1.48. The quantitative estimate of drug-likeness (QED) is 0.493. The smallest absolute Gasteiger partial charge is 0.0118 e. The molecule has 0 unspecified atom stereocenters.